The van der Waals surface area contributed by atoms with Gasteiger partial charge in [0.1, 0.15) is 11.2 Å². The lowest BCUT2D eigenvalue weighted by Gasteiger charge is -2.47. The van der Waals surface area contributed by atoms with Gasteiger partial charge in [-0.1, -0.05) is 0 Å². The molecular formula is C20H25N3O4. The lowest BCUT2D eigenvalue weighted by molar-refractivity contribution is -0.0809. The highest BCUT2D eigenvalue weighted by atomic mass is 16.5. The largest absolute Gasteiger partial charge is 0.384 e. The SMILES string of the molecule is CCn1cc(C(=O)N[C@@H]2[C@@H](COC)[C@H]3OCC[C@@H]23)c(=O)c2ccc(C)nc21. The van der Waals surface area contributed by atoms with Crippen LogP contribution in [-0.4, -0.2) is 47.9 Å². The molecule has 2 aliphatic rings. The van der Waals surface area contributed by atoms with Crippen molar-refractivity contribution < 1.29 is 14.3 Å². The molecule has 144 valence electrons. The first-order valence-corrected chi connectivity index (χ1v) is 9.47. The van der Waals surface area contributed by atoms with Crippen molar-refractivity contribution in [3.05, 3.63) is 39.8 Å². The maximum atomic E-state index is 13.0. The number of hydrogen-bond acceptors (Lipinski definition) is 5. The minimum absolute atomic E-state index is 0.0220. The maximum absolute atomic E-state index is 13.0. The number of nitrogens with zero attached hydrogens (tertiary/aromatic N) is 2. The van der Waals surface area contributed by atoms with Crippen molar-refractivity contribution in [2.75, 3.05) is 20.3 Å². The summed E-state index contributed by atoms with van der Waals surface area (Å²) in [6.07, 6.45) is 2.70. The highest BCUT2D eigenvalue weighted by Crippen LogP contribution is 2.43. The zero-order chi connectivity index (χ0) is 19.1. The molecule has 0 unspecified atom stereocenters. The number of carbonyl (C=O) groups excluding carboxylic acids is 1. The Morgan fingerprint density at radius 1 is 1.44 bits per heavy atom. The van der Waals surface area contributed by atoms with Crippen molar-refractivity contribution in [2.45, 2.75) is 39.0 Å². The van der Waals surface area contributed by atoms with Gasteiger partial charge in [0, 0.05) is 50.0 Å². The van der Waals surface area contributed by atoms with Crippen LogP contribution in [0.25, 0.3) is 11.0 Å². The fourth-order valence-electron chi connectivity index (χ4n) is 4.43. The molecule has 27 heavy (non-hydrogen) atoms. The van der Waals surface area contributed by atoms with Crippen LogP contribution >= 0.6 is 0 Å². The minimum atomic E-state index is -0.332. The van der Waals surface area contributed by atoms with Crippen molar-refractivity contribution >= 4 is 16.9 Å². The third-order valence-electron chi connectivity index (χ3n) is 5.83. The van der Waals surface area contributed by atoms with Gasteiger partial charge < -0.3 is 19.4 Å². The topological polar surface area (TPSA) is 82.5 Å². The minimum Gasteiger partial charge on any atom is -0.384 e. The standard InChI is InChI=1S/C20H25N3O4/c1-4-23-9-14(17(24)13-6-5-11(2)21-19(13)23)20(25)22-16-12-7-8-27-18(12)15(16)10-26-3/h5-6,9,12,15-16,18H,4,7-8,10H2,1-3H3,(H,22,25)/t12-,15+,16-,18-/m0/s1. The molecule has 0 bridgehead atoms. The van der Waals surface area contributed by atoms with Gasteiger partial charge in [-0.05, 0) is 32.4 Å². The van der Waals surface area contributed by atoms with Crippen LogP contribution in [0.4, 0.5) is 0 Å². The van der Waals surface area contributed by atoms with E-state index in [9.17, 15) is 9.59 Å². The highest BCUT2D eigenvalue weighted by molar-refractivity contribution is 5.97. The number of fused-ring (bicyclic) bond motifs is 2. The van der Waals surface area contributed by atoms with Crippen molar-refractivity contribution in [3.8, 4) is 0 Å². The van der Waals surface area contributed by atoms with Gasteiger partial charge in [-0.15, -0.1) is 0 Å². The van der Waals surface area contributed by atoms with E-state index in [1.165, 1.54) is 0 Å². The summed E-state index contributed by atoms with van der Waals surface area (Å²) in [6, 6.07) is 3.53. The molecule has 3 heterocycles. The molecule has 2 aromatic rings. The molecule has 4 rings (SSSR count). The van der Waals surface area contributed by atoms with Crippen LogP contribution in [0.2, 0.25) is 0 Å². The van der Waals surface area contributed by atoms with Gasteiger partial charge in [0.2, 0.25) is 5.43 Å². The molecule has 2 fully saturated rings. The number of amides is 1. The van der Waals surface area contributed by atoms with Gasteiger partial charge in [-0.3, -0.25) is 9.59 Å². The summed E-state index contributed by atoms with van der Waals surface area (Å²) in [6.45, 7) is 5.73. The van der Waals surface area contributed by atoms with Gasteiger partial charge in [0.25, 0.3) is 5.91 Å². The van der Waals surface area contributed by atoms with E-state index in [4.69, 9.17) is 9.47 Å². The van der Waals surface area contributed by atoms with Crippen LogP contribution in [0, 0.1) is 18.8 Å². The quantitative estimate of drug-likeness (QED) is 0.861. The van der Waals surface area contributed by atoms with E-state index in [0.29, 0.717) is 36.7 Å². The molecule has 1 saturated heterocycles. The van der Waals surface area contributed by atoms with E-state index >= 15 is 0 Å². The molecule has 1 aliphatic heterocycles. The van der Waals surface area contributed by atoms with Crippen molar-refractivity contribution in [2.24, 2.45) is 11.8 Å². The summed E-state index contributed by atoms with van der Waals surface area (Å²) in [5, 5.41) is 3.55. The number of aryl methyl sites for hydroxylation is 2. The Hall–Kier alpha value is -2.25. The van der Waals surface area contributed by atoms with Crippen molar-refractivity contribution in [1.82, 2.24) is 14.9 Å². The zero-order valence-corrected chi connectivity index (χ0v) is 15.9. The van der Waals surface area contributed by atoms with Crippen molar-refractivity contribution in [3.63, 3.8) is 0 Å². The Bertz CT molecular complexity index is 939. The number of ether oxygens (including phenoxy) is 2. The van der Waals surface area contributed by atoms with E-state index in [1.807, 2.05) is 18.4 Å². The molecule has 1 amide bonds. The monoisotopic (exact) mass is 371 g/mol. The Balaban J connectivity index is 1.66. The van der Waals surface area contributed by atoms with Crippen LogP contribution in [0.1, 0.15) is 29.4 Å². The number of carbonyl (C=O) groups is 1. The Morgan fingerprint density at radius 2 is 2.26 bits per heavy atom. The number of aromatic nitrogens is 2. The average molecular weight is 371 g/mol. The van der Waals surface area contributed by atoms with Crippen LogP contribution < -0.4 is 10.7 Å². The van der Waals surface area contributed by atoms with E-state index in [0.717, 1.165) is 12.1 Å². The van der Waals surface area contributed by atoms with E-state index in [-0.39, 0.29) is 35.0 Å². The maximum Gasteiger partial charge on any atom is 0.257 e. The number of nitrogens with one attached hydrogen (secondary N) is 1. The first-order valence-electron chi connectivity index (χ1n) is 9.47. The zero-order valence-electron chi connectivity index (χ0n) is 15.9. The predicted octanol–water partition coefficient (Wildman–Crippen LogP) is 1.50. The molecule has 4 atom stereocenters. The molecule has 1 saturated carbocycles. The van der Waals surface area contributed by atoms with Crippen molar-refractivity contribution in [1.29, 1.82) is 0 Å². The molecular weight excluding hydrogens is 346 g/mol. The number of hydrogen-bond donors (Lipinski definition) is 1. The predicted molar refractivity (Wildman–Crippen MR) is 101 cm³/mol. The van der Waals surface area contributed by atoms with Crippen LogP contribution in [0.5, 0.6) is 0 Å². The lowest BCUT2D eigenvalue weighted by Crippen LogP contribution is -2.63. The smallest absolute Gasteiger partial charge is 0.257 e. The number of methoxy groups -OCH3 is 1. The second-order valence-corrected chi connectivity index (χ2v) is 7.39. The molecule has 0 radical (unpaired) electrons. The third-order valence-corrected chi connectivity index (χ3v) is 5.83. The first-order chi connectivity index (χ1) is 13.0. The van der Waals surface area contributed by atoms with Gasteiger partial charge in [-0.25, -0.2) is 4.98 Å². The van der Waals surface area contributed by atoms with Crippen LogP contribution in [0.3, 0.4) is 0 Å². The summed E-state index contributed by atoms with van der Waals surface area (Å²) < 4.78 is 12.9. The highest BCUT2D eigenvalue weighted by Gasteiger charge is 2.54. The van der Waals surface area contributed by atoms with Gasteiger partial charge in [-0.2, -0.15) is 0 Å². The van der Waals surface area contributed by atoms with E-state index in [1.54, 1.807) is 25.4 Å². The van der Waals surface area contributed by atoms with Gasteiger partial charge >= 0.3 is 0 Å². The second-order valence-electron chi connectivity index (χ2n) is 7.39. The Labute approximate surface area is 157 Å². The molecule has 7 heteroatoms. The van der Waals surface area contributed by atoms with Gasteiger partial charge in [0.15, 0.2) is 0 Å². The first kappa shape index (κ1) is 18.1. The second kappa shape index (κ2) is 7.05. The molecule has 2 aromatic heterocycles. The van der Waals surface area contributed by atoms with E-state index < -0.39 is 0 Å². The summed E-state index contributed by atoms with van der Waals surface area (Å²) in [5.41, 5.74) is 1.34. The normalized spacial score (nSPS) is 26.6. The summed E-state index contributed by atoms with van der Waals surface area (Å²) in [4.78, 5) is 30.3. The Morgan fingerprint density at radius 3 is 3.00 bits per heavy atom. The molecule has 0 aromatic carbocycles. The lowest BCUT2D eigenvalue weighted by atomic mass is 9.67. The fraction of sp³-hybridized carbons (Fsp3) is 0.550. The van der Waals surface area contributed by atoms with E-state index in [2.05, 4.69) is 10.3 Å². The fourth-order valence-corrected chi connectivity index (χ4v) is 4.43. The summed E-state index contributed by atoms with van der Waals surface area (Å²) >= 11 is 0. The molecule has 7 nitrogen and oxygen atoms in total. The van der Waals surface area contributed by atoms with Gasteiger partial charge in [0.05, 0.1) is 18.1 Å². The third kappa shape index (κ3) is 2.95. The molecule has 1 aliphatic carbocycles. The summed E-state index contributed by atoms with van der Waals surface area (Å²) in [7, 11) is 1.65. The molecule has 1 N–H and O–H groups in total. The number of rotatable bonds is 5. The van der Waals surface area contributed by atoms with Crippen LogP contribution in [-0.2, 0) is 16.0 Å². The van der Waals surface area contributed by atoms with Crippen LogP contribution in [0.15, 0.2) is 23.1 Å². The number of pyridine rings is 2. The Kier molecular flexibility index (Phi) is 4.74. The molecule has 0 spiro atoms. The summed E-state index contributed by atoms with van der Waals surface area (Å²) in [5.74, 6) is 0.0954. The average Bonchev–Trinajstić information content (AvgIpc) is 3.08.